The van der Waals surface area contributed by atoms with E-state index in [2.05, 4.69) is 11.7 Å². The van der Waals surface area contributed by atoms with Gasteiger partial charge in [-0.15, -0.1) is 0 Å². The molecule has 1 aliphatic rings. The van der Waals surface area contributed by atoms with E-state index in [0.717, 1.165) is 51.4 Å². The number of aliphatic hydroxyl groups is 1. The molecular formula is C22H40N2O4S. The van der Waals surface area contributed by atoms with Crippen molar-refractivity contribution in [1.82, 2.24) is 9.80 Å². The molecular weight excluding hydrogens is 388 g/mol. The van der Waals surface area contributed by atoms with Gasteiger partial charge in [0, 0.05) is 20.0 Å². The molecule has 0 bridgehead atoms. The Morgan fingerprint density at radius 1 is 1.14 bits per heavy atom. The molecule has 0 aromatic carbocycles. The lowest BCUT2D eigenvalue weighted by Crippen LogP contribution is -2.39. The number of amides is 1. The number of carbonyl (C=O) groups excluding carboxylic acids is 2. The van der Waals surface area contributed by atoms with E-state index in [-0.39, 0.29) is 17.9 Å². The molecule has 0 saturated carbocycles. The maximum Gasteiger partial charge on any atom is 0.305 e. The minimum absolute atomic E-state index is 0.0483. The van der Waals surface area contributed by atoms with E-state index < -0.39 is 5.60 Å². The molecule has 2 atom stereocenters. The zero-order chi connectivity index (χ0) is 21.9. The van der Waals surface area contributed by atoms with Crippen LogP contribution in [0.4, 0.5) is 0 Å². The molecule has 2 unspecified atom stereocenters. The lowest BCUT2D eigenvalue weighted by Gasteiger charge is -2.29. The number of methoxy groups -OCH3 is 1. The molecule has 168 valence electrons. The molecule has 1 amide bonds. The fraction of sp³-hybridized carbons (Fsp3) is 0.864. The normalized spacial score (nSPS) is 19.0. The fourth-order valence-electron chi connectivity index (χ4n) is 3.79. The van der Waals surface area contributed by atoms with Gasteiger partial charge in [-0.25, -0.2) is 0 Å². The number of nitrogens with zero attached hydrogens (tertiary/aromatic N) is 2. The summed E-state index contributed by atoms with van der Waals surface area (Å²) in [4.78, 5) is 27.3. The molecule has 29 heavy (non-hydrogen) atoms. The summed E-state index contributed by atoms with van der Waals surface area (Å²) in [7, 11) is 3.14. The van der Waals surface area contributed by atoms with Crippen LogP contribution >= 0.6 is 12.2 Å². The minimum atomic E-state index is -0.730. The third kappa shape index (κ3) is 8.99. The number of carbonyl (C=O) groups is 2. The number of rotatable bonds is 15. The van der Waals surface area contributed by atoms with E-state index in [4.69, 9.17) is 12.2 Å². The Morgan fingerprint density at radius 3 is 2.45 bits per heavy atom. The summed E-state index contributed by atoms with van der Waals surface area (Å²) in [5.41, 5.74) is -0.730. The Kier molecular flexibility index (Phi) is 11.7. The number of esters is 1. The summed E-state index contributed by atoms with van der Waals surface area (Å²) in [6.07, 6.45) is 10.8. The minimum Gasteiger partial charge on any atom is -0.469 e. The lowest BCUT2D eigenvalue weighted by atomic mass is 9.94. The molecule has 1 fully saturated rings. The van der Waals surface area contributed by atoms with Crippen molar-refractivity contribution in [3.8, 4) is 0 Å². The number of likely N-dealkylation sites (N-methyl/N-ethyl adjacent to an activating group) is 1. The second kappa shape index (κ2) is 13.2. The number of hydrogen-bond acceptors (Lipinski definition) is 5. The van der Waals surface area contributed by atoms with Gasteiger partial charge in [0.05, 0.1) is 12.7 Å². The van der Waals surface area contributed by atoms with Crippen LogP contribution in [0.25, 0.3) is 0 Å². The molecule has 6 nitrogen and oxygen atoms in total. The Bertz CT molecular complexity index is 539. The van der Waals surface area contributed by atoms with Crippen LogP contribution < -0.4 is 0 Å². The van der Waals surface area contributed by atoms with Crippen LogP contribution in [0.15, 0.2) is 0 Å². The largest absolute Gasteiger partial charge is 0.469 e. The molecule has 0 spiro atoms. The zero-order valence-electron chi connectivity index (χ0n) is 18.7. The third-order valence-electron chi connectivity index (χ3n) is 5.82. The van der Waals surface area contributed by atoms with Gasteiger partial charge < -0.3 is 14.7 Å². The van der Waals surface area contributed by atoms with E-state index in [1.165, 1.54) is 20.0 Å². The molecule has 1 heterocycles. The average Bonchev–Trinajstić information content (AvgIpc) is 2.89. The monoisotopic (exact) mass is 428 g/mol. The first kappa shape index (κ1) is 25.8. The molecule has 0 aliphatic carbocycles. The van der Waals surface area contributed by atoms with Gasteiger partial charge in [-0.3, -0.25) is 14.5 Å². The van der Waals surface area contributed by atoms with E-state index >= 15 is 0 Å². The second-order valence-electron chi connectivity index (χ2n) is 8.48. The number of hydrogen-bond donors (Lipinski definition) is 1. The summed E-state index contributed by atoms with van der Waals surface area (Å²) in [6.45, 7) is 4.67. The van der Waals surface area contributed by atoms with Crippen molar-refractivity contribution in [3.05, 3.63) is 0 Å². The highest BCUT2D eigenvalue weighted by atomic mass is 32.1. The predicted octanol–water partition coefficient (Wildman–Crippen LogP) is 4.04. The lowest BCUT2D eigenvalue weighted by molar-refractivity contribution is -0.140. The smallest absolute Gasteiger partial charge is 0.305 e. The number of thiocarbonyl (C=S) groups is 1. The Morgan fingerprint density at radius 2 is 1.79 bits per heavy atom. The number of ether oxygens (including phenoxy) is 1. The maximum atomic E-state index is 12.6. The van der Waals surface area contributed by atoms with Gasteiger partial charge in [-0.2, -0.15) is 0 Å². The van der Waals surface area contributed by atoms with Crippen molar-refractivity contribution < 1.29 is 19.4 Å². The topological polar surface area (TPSA) is 70.1 Å². The van der Waals surface area contributed by atoms with Crippen LogP contribution in [0, 0.1) is 0 Å². The van der Waals surface area contributed by atoms with Crippen molar-refractivity contribution in [2.45, 2.75) is 103 Å². The van der Waals surface area contributed by atoms with Gasteiger partial charge in [-0.1, -0.05) is 51.9 Å². The van der Waals surface area contributed by atoms with Gasteiger partial charge in [0.15, 0.2) is 5.11 Å². The second-order valence-corrected chi connectivity index (χ2v) is 8.84. The first-order valence-electron chi connectivity index (χ1n) is 11.1. The van der Waals surface area contributed by atoms with Gasteiger partial charge in [-0.05, 0) is 44.8 Å². The van der Waals surface area contributed by atoms with Crippen molar-refractivity contribution in [1.29, 1.82) is 0 Å². The van der Waals surface area contributed by atoms with Crippen LogP contribution in [0.3, 0.4) is 0 Å². The molecule has 1 rings (SSSR count). The van der Waals surface area contributed by atoms with Crippen LogP contribution in [0.2, 0.25) is 0 Å². The summed E-state index contributed by atoms with van der Waals surface area (Å²) in [5, 5.41) is 11.3. The SMILES string of the molecule is CCCCCCC(C)(O)CCN1C(=S)N(C)C(=O)C1CCCCCCC(=O)OC. The standard InChI is InChI=1S/C22H40N2O4S/c1-5-6-7-12-15-22(2,27)16-17-24-18(20(26)23(3)21(24)29)13-10-8-9-11-14-19(25)28-4/h18,27H,5-17H2,1-4H3. The Balaban J connectivity index is 2.46. The van der Waals surface area contributed by atoms with E-state index in [9.17, 15) is 14.7 Å². The van der Waals surface area contributed by atoms with Gasteiger partial charge in [0.1, 0.15) is 6.04 Å². The van der Waals surface area contributed by atoms with Gasteiger partial charge in [0.2, 0.25) is 0 Å². The van der Waals surface area contributed by atoms with Crippen LogP contribution in [0.1, 0.15) is 90.9 Å². The quantitative estimate of drug-likeness (QED) is 0.241. The van der Waals surface area contributed by atoms with Crippen molar-refractivity contribution in [3.63, 3.8) is 0 Å². The van der Waals surface area contributed by atoms with E-state index in [1.54, 1.807) is 11.9 Å². The molecule has 1 N–H and O–H groups in total. The summed E-state index contributed by atoms with van der Waals surface area (Å²) < 4.78 is 4.65. The Labute approximate surface area is 182 Å². The first-order chi connectivity index (χ1) is 13.7. The highest BCUT2D eigenvalue weighted by molar-refractivity contribution is 7.80. The average molecular weight is 429 g/mol. The highest BCUT2D eigenvalue weighted by Crippen LogP contribution is 2.25. The number of unbranched alkanes of at least 4 members (excludes halogenated alkanes) is 6. The van der Waals surface area contributed by atoms with Crippen molar-refractivity contribution in [2.24, 2.45) is 0 Å². The predicted molar refractivity (Wildman–Crippen MR) is 120 cm³/mol. The molecule has 1 saturated heterocycles. The highest BCUT2D eigenvalue weighted by Gasteiger charge is 2.40. The first-order valence-corrected chi connectivity index (χ1v) is 11.5. The maximum absolute atomic E-state index is 12.6. The molecule has 7 heteroatoms. The fourth-order valence-corrected chi connectivity index (χ4v) is 4.10. The van der Waals surface area contributed by atoms with Gasteiger partial charge in [0.25, 0.3) is 5.91 Å². The van der Waals surface area contributed by atoms with Crippen molar-refractivity contribution >= 4 is 29.2 Å². The van der Waals surface area contributed by atoms with Crippen LogP contribution in [-0.4, -0.2) is 64.2 Å². The summed E-state index contributed by atoms with van der Waals surface area (Å²) in [5.74, 6) is -0.122. The Hall–Kier alpha value is -1.21. The summed E-state index contributed by atoms with van der Waals surface area (Å²) in [6, 6.07) is -0.232. The molecule has 1 aliphatic heterocycles. The third-order valence-corrected chi connectivity index (χ3v) is 6.33. The van der Waals surface area contributed by atoms with Crippen LogP contribution in [-0.2, 0) is 14.3 Å². The molecule has 0 aromatic rings. The summed E-state index contributed by atoms with van der Waals surface area (Å²) >= 11 is 5.49. The van der Waals surface area contributed by atoms with Crippen LogP contribution in [0.5, 0.6) is 0 Å². The van der Waals surface area contributed by atoms with Crippen molar-refractivity contribution in [2.75, 3.05) is 20.7 Å². The zero-order valence-corrected chi connectivity index (χ0v) is 19.6. The van der Waals surface area contributed by atoms with E-state index in [1.807, 2.05) is 11.8 Å². The van der Waals surface area contributed by atoms with Gasteiger partial charge >= 0.3 is 5.97 Å². The van der Waals surface area contributed by atoms with E-state index in [0.29, 0.717) is 24.5 Å². The molecule has 0 radical (unpaired) electrons. The molecule has 0 aromatic heterocycles.